The number of hydrogen-bond acceptors (Lipinski definition) is 7. The fraction of sp³-hybridized carbons (Fsp3) is 0.444. The summed E-state index contributed by atoms with van der Waals surface area (Å²) in [5, 5.41) is 2.42. The maximum absolute atomic E-state index is 12.8. The maximum Gasteiger partial charge on any atom is 0.281 e. The van der Waals surface area contributed by atoms with Crippen LogP contribution in [0.25, 0.3) is 10.6 Å². The largest absolute Gasteiger partial charge is 0.493 e. The number of aromatic nitrogens is 1. The van der Waals surface area contributed by atoms with E-state index in [-0.39, 0.29) is 19.0 Å². The lowest BCUT2D eigenvalue weighted by Gasteiger charge is -2.34. The van der Waals surface area contributed by atoms with Crippen LogP contribution < -0.4 is 9.47 Å². The minimum atomic E-state index is -3.47. The maximum atomic E-state index is 12.8. The van der Waals surface area contributed by atoms with Crippen LogP contribution in [-0.4, -0.2) is 87.3 Å². The molecule has 1 fully saturated rings. The molecular weight excluding hydrogens is 416 g/mol. The van der Waals surface area contributed by atoms with Gasteiger partial charge in [-0.05, 0) is 18.2 Å². The number of carbonyl (C=O) groups is 1. The lowest BCUT2D eigenvalue weighted by molar-refractivity contribution is 0.0690. The summed E-state index contributed by atoms with van der Waals surface area (Å²) in [6.45, 7) is 1.18. The predicted molar refractivity (Wildman–Crippen MR) is 111 cm³/mol. The van der Waals surface area contributed by atoms with Gasteiger partial charge in [-0.25, -0.2) is 4.98 Å². The first-order chi connectivity index (χ1) is 13.8. The monoisotopic (exact) mass is 440 g/mol. The number of thiazole rings is 1. The third-order valence-electron chi connectivity index (χ3n) is 4.67. The molecule has 1 aliphatic rings. The predicted octanol–water partition coefficient (Wildman–Crippen LogP) is 1.39. The summed E-state index contributed by atoms with van der Waals surface area (Å²) < 4.78 is 37.5. The van der Waals surface area contributed by atoms with Gasteiger partial charge in [-0.1, -0.05) is 0 Å². The number of benzene rings is 1. The van der Waals surface area contributed by atoms with E-state index in [2.05, 4.69) is 4.98 Å². The third-order valence-corrected chi connectivity index (χ3v) is 7.50. The highest BCUT2D eigenvalue weighted by molar-refractivity contribution is 7.86. The molecule has 0 atom stereocenters. The second-order valence-electron chi connectivity index (χ2n) is 6.59. The van der Waals surface area contributed by atoms with E-state index in [1.165, 1.54) is 34.0 Å². The van der Waals surface area contributed by atoms with Gasteiger partial charge in [0.25, 0.3) is 16.1 Å². The van der Waals surface area contributed by atoms with Crippen molar-refractivity contribution in [2.75, 3.05) is 54.5 Å². The first-order valence-corrected chi connectivity index (χ1v) is 11.2. The molecule has 158 valence electrons. The smallest absolute Gasteiger partial charge is 0.281 e. The van der Waals surface area contributed by atoms with Crippen LogP contribution in [0.1, 0.15) is 10.5 Å². The fourth-order valence-corrected chi connectivity index (χ4v) is 4.87. The molecule has 0 radical (unpaired) electrons. The van der Waals surface area contributed by atoms with Crippen molar-refractivity contribution in [2.24, 2.45) is 0 Å². The highest BCUT2D eigenvalue weighted by Gasteiger charge is 2.31. The van der Waals surface area contributed by atoms with E-state index in [1.807, 2.05) is 12.1 Å². The van der Waals surface area contributed by atoms with E-state index in [9.17, 15) is 13.2 Å². The van der Waals surface area contributed by atoms with Crippen LogP contribution in [0, 0.1) is 0 Å². The molecule has 3 rings (SSSR count). The van der Waals surface area contributed by atoms with Crippen LogP contribution >= 0.6 is 11.3 Å². The van der Waals surface area contributed by atoms with E-state index < -0.39 is 10.2 Å². The molecule has 9 nitrogen and oxygen atoms in total. The molecule has 1 saturated heterocycles. The summed E-state index contributed by atoms with van der Waals surface area (Å²) in [5.74, 6) is 1.01. The van der Waals surface area contributed by atoms with Gasteiger partial charge in [0.1, 0.15) is 10.7 Å². The van der Waals surface area contributed by atoms with Gasteiger partial charge in [0.2, 0.25) is 0 Å². The molecule has 1 aliphatic heterocycles. The number of ether oxygens (including phenoxy) is 2. The first kappa shape index (κ1) is 21.5. The number of methoxy groups -OCH3 is 2. The number of nitrogens with zero attached hydrogens (tertiary/aromatic N) is 4. The van der Waals surface area contributed by atoms with Crippen molar-refractivity contribution in [1.29, 1.82) is 0 Å². The second-order valence-corrected chi connectivity index (χ2v) is 9.59. The molecule has 0 bridgehead atoms. The van der Waals surface area contributed by atoms with Gasteiger partial charge < -0.3 is 14.4 Å². The Balaban J connectivity index is 1.71. The molecule has 2 aromatic rings. The summed E-state index contributed by atoms with van der Waals surface area (Å²) in [6, 6.07) is 5.47. The molecule has 2 heterocycles. The van der Waals surface area contributed by atoms with Crippen molar-refractivity contribution in [2.45, 2.75) is 0 Å². The van der Waals surface area contributed by atoms with Gasteiger partial charge >= 0.3 is 0 Å². The zero-order valence-electron chi connectivity index (χ0n) is 16.8. The van der Waals surface area contributed by atoms with E-state index in [4.69, 9.17) is 9.47 Å². The minimum absolute atomic E-state index is 0.199. The summed E-state index contributed by atoms with van der Waals surface area (Å²) in [5.41, 5.74) is 1.18. The summed E-state index contributed by atoms with van der Waals surface area (Å²) in [4.78, 5) is 18.9. The van der Waals surface area contributed by atoms with Crippen LogP contribution in [0.2, 0.25) is 0 Å². The number of amides is 1. The summed E-state index contributed by atoms with van der Waals surface area (Å²) >= 11 is 1.37. The van der Waals surface area contributed by atoms with Crippen LogP contribution in [0.15, 0.2) is 23.6 Å². The quantitative estimate of drug-likeness (QED) is 0.674. The molecule has 0 saturated carbocycles. The molecule has 0 unspecified atom stereocenters. The molecule has 11 heteroatoms. The Morgan fingerprint density at radius 1 is 1.10 bits per heavy atom. The summed E-state index contributed by atoms with van der Waals surface area (Å²) in [7, 11) is 2.67. The highest BCUT2D eigenvalue weighted by Crippen LogP contribution is 2.33. The van der Waals surface area contributed by atoms with Gasteiger partial charge in [0.05, 0.1) is 14.2 Å². The normalized spacial score (nSPS) is 15.6. The van der Waals surface area contributed by atoms with E-state index in [0.717, 1.165) is 5.56 Å². The van der Waals surface area contributed by atoms with Crippen molar-refractivity contribution in [1.82, 2.24) is 18.5 Å². The number of rotatable bonds is 6. The molecule has 1 aromatic carbocycles. The molecule has 0 N–H and O–H groups in total. The average Bonchev–Trinajstić information content (AvgIpc) is 3.22. The van der Waals surface area contributed by atoms with Crippen LogP contribution in [0.3, 0.4) is 0 Å². The van der Waals surface area contributed by atoms with E-state index in [0.29, 0.717) is 35.3 Å². The lowest BCUT2D eigenvalue weighted by Crippen LogP contribution is -2.53. The van der Waals surface area contributed by atoms with Crippen molar-refractivity contribution >= 4 is 27.5 Å². The number of hydrogen-bond donors (Lipinski definition) is 0. The SMILES string of the molecule is COc1ccc(-c2nc(C(=O)N3CCN(S(=O)(=O)N(C)C)CC3)cs2)cc1OC. The lowest BCUT2D eigenvalue weighted by atomic mass is 10.2. The second kappa shape index (κ2) is 8.66. The van der Waals surface area contributed by atoms with Gasteiger partial charge in [-0.3, -0.25) is 4.79 Å². The van der Waals surface area contributed by atoms with Crippen LogP contribution in [-0.2, 0) is 10.2 Å². The molecular formula is C18H24N4O5S2. The highest BCUT2D eigenvalue weighted by atomic mass is 32.2. The average molecular weight is 441 g/mol. The first-order valence-electron chi connectivity index (χ1n) is 8.92. The topological polar surface area (TPSA) is 92.3 Å². The third kappa shape index (κ3) is 4.37. The zero-order chi connectivity index (χ0) is 21.2. The Bertz CT molecular complexity index is 982. The van der Waals surface area contributed by atoms with Gasteiger partial charge in [0.15, 0.2) is 11.5 Å². The Kier molecular flexibility index (Phi) is 6.42. The van der Waals surface area contributed by atoms with Crippen LogP contribution in [0.4, 0.5) is 0 Å². The fourth-order valence-electron chi connectivity index (χ4n) is 2.99. The molecule has 1 aromatic heterocycles. The zero-order valence-corrected chi connectivity index (χ0v) is 18.4. The number of carbonyl (C=O) groups excluding carboxylic acids is 1. The van der Waals surface area contributed by atoms with Gasteiger partial charge in [-0.2, -0.15) is 17.0 Å². The molecule has 29 heavy (non-hydrogen) atoms. The van der Waals surface area contributed by atoms with E-state index >= 15 is 0 Å². The Labute approximate surface area is 174 Å². The van der Waals surface area contributed by atoms with Crippen molar-refractivity contribution < 1.29 is 22.7 Å². The Morgan fingerprint density at radius 2 is 1.76 bits per heavy atom. The van der Waals surface area contributed by atoms with Crippen molar-refractivity contribution in [3.05, 3.63) is 29.3 Å². The van der Waals surface area contributed by atoms with Crippen LogP contribution in [0.5, 0.6) is 11.5 Å². The minimum Gasteiger partial charge on any atom is -0.493 e. The summed E-state index contributed by atoms with van der Waals surface area (Å²) in [6.07, 6.45) is 0. The van der Waals surface area contributed by atoms with Crippen molar-refractivity contribution in [3.8, 4) is 22.1 Å². The van der Waals surface area contributed by atoms with Crippen molar-refractivity contribution in [3.63, 3.8) is 0 Å². The Morgan fingerprint density at radius 3 is 2.34 bits per heavy atom. The van der Waals surface area contributed by atoms with Gasteiger partial charge in [0, 0.05) is 51.2 Å². The Hall–Kier alpha value is -2.21. The molecule has 0 aliphatic carbocycles. The van der Waals surface area contributed by atoms with E-state index in [1.54, 1.807) is 30.6 Å². The molecule has 0 spiro atoms. The van der Waals surface area contributed by atoms with Gasteiger partial charge in [-0.15, -0.1) is 11.3 Å². The molecule has 1 amide bonds. The standard InChI is InChI=1S/C18H24N4O5S2/c1-20(2)29(24,25)22-9-7-21(8-10-22)18(23)14-12-28-17(19-14)13-5-6-15(26-3)16(11-13)27-4/h5-6,11-12H,7-10H2,1-4H3. The number of piperazine rings is 1.